The van der Waals surface area contributed by atoms with Crippen molar-refractivity contribution in [1.29, 1.82) is 0 Å². The van der Waals surface area contributed by atoms with Gasteiger partial charge in [-0.3, -0.25) is 0 Å². The Kier molecular flexibility index (Phi) is 5.10. The third-order valence-electron chi connectivity index (χ3n) is 4.22. The van der Waals surface area contributed by atoms with Crippen molar-refractivity contribution in [3.63, 3.8) is 0 Å². The van der Waals surface area contributed by atoms with Crippen molar-refractivity contribution in [3.05, 3.63) is 12.3 Å². The summed E-state index contributed by atoms with van der Waals surface area (Å²) < 4.78 is 11.4. The van der Waals surface area contributed by atoms with Crippen molar-refractivity contribution in [2.75, 3.05) is 36.5 Å². The first kappa shape index (κ1) is 15.5. The van der Waals surface area contributed by atoms with E-state index in [1.54, 1.807) is 0 Å². The fourth-order valence-electron chi connectivity index (χ4n) is 3.08. The van der Waals surface area contributed by atoms with Gasteiger partial charge >= 0.3 is 0 Å². The first-order valence-corrected chi connectivity index (χ1v) is 8.32. The molecule has 6 nitrogen and oxygen atoms in total. The highest BCUT2D eigenvalue weighted by atomic mass is 16.5. The Morgan fingerprint density at radius 2 is 2.32 bits per heavy atom. The topological polar surface area (TPSA) is 59.5 Å². The van der Waals surface area contributed by atoms with Crippen LogP contribution in [0.3, 0.4) is 0 Å². The zero-order chi connectivity index (χ0) is 15.4. The lowest BCUT2D eigenvalue weighted by atomic mass is 10.1. The summed E-state index contributed by atoms with van der Waals surface area (Å²) in [4.78, 5) is 11.4. The summed E-state index contributed by atoms with van der Waals surface area (Å²) in [5.41, 5.74) is 0. The molecule has 3 unspecified atom stereocenters. The molecule has 3 rings (SSSR count). The molecule has 3 heterocycles. The van der Waals surface area contributed by atoms with Gasteiger partial charge in [0.15, 0.2) is 0 Å². The molecular weight excluding hydrogens is 280 g/mol. The van der Waals surface area contributed by atoms with E-state index >= 15 is 0 Å². The summed E-state index contributed by atoms with van der Waals surface area (Å²) in [5.74, 6) is 1.67. The van der Waals surface area contributed by atoms with Crippen molar-refractivity contribution in [1.82, 2.24) is 9.97 Å². The molecule has 1 aromatic rings. The van der Waals surface area contributed by atoms with Gasteiger partial charge in [-0.15, -0.1) is 0 Å². The highest BCUT2D eigenvalue weighted by Gasteiger charge is 2.26. The molecule has 1 N–H and O–H groups in total. The second-order valence-electron chi connectivity index (χ2n) is 6.18. The van der Waals surface area contributed by atoms with Gasteiger partial charge < -0.3 is 19.7 Å². The number of morpholine rings is 1. The summed E-state index contributed by atoms with van der Waals surface area (Å²) in [6.07, 6.45) is 5.55. The number of nitrogens with zero attached hydrogens (tertiary/aromatic N) is 3. The summed E-state index contributed by atoms with van der Waals surface area (Å²) in [5, 5.41) is 3.46. The van der Waals surface area contributed by atoms with Crippen LogP contribution in [0.2, 0.25) is 0 Å². The third-order valence-corrected chi connectivity index (χ3v) is 4.22. The monoisotopic (exact) mass is 306 g/mol. The molecule has 0 aliphatic carbocycles. The van der Waals surface area contributed by atoms with Gasteiger partial charge in [-0.1, -0.05) is 6.92 Å². The molecule has 6 heteroatoms. The molecule has 2 saturated heterocycles. The first-order chi connectivity index (χ1) is 10.7. The predicted molar refractivity (Wildman–Crippen MR) is 86.3 cm³/mol. The Morgan fingerprint density at radius 1 is 1.41 bits per heavy atom. The van der Waals surface area contributed by atoms with Crippen molar-refractivity contribution in [2.24, 2.45) is 0 Å². The van der Waals surface area contributed by atoms with E-state index in [1.165, 1.54) is 0 Å². The van der Waals surface area contributed by atoms with Gasteiger partial charge in [0.05, 0.1) is 24.9 Å². The van der Waals surface area contributed by atoms with Crippen molar-refractivity contribution >= 4 is 11.8 Å². The second kappa shape index (κ2) is 7.24. The van der Waals surface area contributed by atoms with Gasteiger partial charge in [0, 0.05) is 25.9 Å². The zero-order valence-electron chi connectivity index (χ0n) is 13.5. The normalized spacial score (nSPS) is 29.4. The lowest BCUT2D eigenvalue weighted by Crippen LogP contribution is -2.47. The van der Waals surface area contributed by atoms with Crippen LogP contribution in [0, 0.1) is 0 Å². The highest BCUT2D eigenvalue weighted by Crippen LogP contribution is 2.20. The maximum absolute atomic E-state index is 5.91. The number of hydrogen-bond donors (Lipinski definition) is 1. The molecule has 2 fully saturated rings. The van der Waals surface area contributed by atoms with Crippen LogP contribution in [-0.4, -0.2) is 54.5 Å². The molecule has 3 atom stereocenters. The van der Waals surface area contributed by atoms with Gasteiger partial charge in [-0.05, 0) is 32.3 Å². The van der Waals surface area contributed by atoms with Crippen molar-refractivity contribution in [3.8, 4) is 0 Å². The second-order valence-corrected chi connectivity index (χ2v) is 6.18. The minimum absolute atomic E-state index is 0.214. The van der Waals surface area contributed by atoms with E-state index in [0.717, 1.165) is 57.3 Å². The van der Waals surface area contributed by atoms with E-state index in [0.29, 0.717) is 6.04 Å². The highest BCUT2D eigenvalue weighted by molar-refractivity contribution is 5.42. The predicted octanol–water partition coefficient (Wildman–Crippen LogP) is 2.07. The lowest BCUT2D eigenvalue weighted by Gasteiger charge is -2.36. The zero-order valence-corrected chi connectivity index (χ0v) is 13.5. The molecule has 0 bridgehead atoms. The molecule has 1 aromatic heterocycles. The Balaban J connectivity index is 1.67. The fourth-order valence-corrected chi connectivity index (χ4v) is 3.08. The number of ether oxygens (including phenoxy) is 2. The molecular formula is C16H26N4O2. The van der Waals surface area contributed by atoms with E-state index in [4.69, 9.17) is 9.47 Å². The molecule has 0 aromatic carbocycles. The molecule has 2 aliphatic heterocycles. The first-order valence-electron chi connectivity index (χ1n) is 8.32. The molecule has 22 heavy (non-hydrogen) atoms. The lowest BCUT2D eigenvalue weighted by molar-refractivity contribution is -0.0177. The molecule has 0 amide bonds. The molecule has 0 saturated carbocycles. The maximum atomic E-state index is 5.91. The summed E-state index contributed by atoms with van der Waals surface area (Å²) >= 11 is 0. The van der Waals surface area contributed by atoms with Crippen LogP contribution in [0.4, 0.5) is 11.8 Å². The van der Waals surface area contributed by atoms with Crippen molar-refractivity contribution in [2.45, 2.75) is 51.4 Å². The van der Waals surface area contributed by atoms with Crippen LogP contribution in [0.15, 0.2) is 12.3 Å². The molecule has 0 radical (unpaired) electrons. The average molecular weight is 306 g/mol. The van der Waals surface area contributed by atoms with Gasteiger partial charge in [-0.2, -0.15) is 4.98 Å². The van der Waals surface area contributed by atoms with E-state index < -0.39 is 0 Å². The Bertz CT molecular complexity index is 479. The number of nitrogens with one attached hydrogen (secondary N) is 1. The van der Waals surface area contributed by atoms with Crippen LogP contribution in [0.25, 0.3) is 0 Å². The third kappa shape index (κ3) is 3.87. The Hall–Kier alpha value is -1.40. The SMILES string of the molecule is CCC1CN(c2nccc(NC3CCCOC3)n2)CC(C)O1. The summed E-state index contributed by atoms with van der Waals surface area (Å²) in [6.45, 7) is 7.59. The minimum atomic E-state index is 0.214. The Labute approximate surface area is 132 Å². The van der Waals surface area contributed by atoms with Gasteiger partial charge in [0.1, 0.15) is 5.82 Å². The van der Waals surface area contributed by atoms with E-state index in [9.17, 15) is 0 Å². The van der Waals surface area contributed by atoms with E-state index in [-0.39, 0.29) is 12.2 Å². The summed E-state index contributed by atoms with van der Waals surface area (Å²) in [6, 6.07) is 2.28. The maximum Gasteiger partial charge on any atom is 0.227 e. The number of rotatable bonds is 4. The van der Waals surface area contributed by atoms with Crippen LogP contribution in [-0.2, 0) is 9.47 Å². The smallest absolute Gasteiger partial charge is 0.227 e. The van der Waals surface area contributed by atoms with Gasteiger partial charge in [0.25, 0.3) is 0 Å². The number of hydrogen-bond acceptors (Lipinski definition) is 6. The van der Waals surface area contributed by atoms with Crippen LogP contribution in [0.1, 0.15) is 33.1 Å². The molecule has 122 valence electrons. The minimum Gasteiger partial charge on any atom is -0.379 e. The molecule has 0 spiro atoms. The van der Waals surface area contributed by atoms with E-state index in [1.807, 2.05) is 12.3 Å². The van der Waals surface area contributed by atoms with Gasteiger partial charge in [0.2, 0.25) is 5.95 Å². The standard InChI is InChI=1S/C16H26N4O2/c1-3-14-10-20(9-12(2)22-14)16-17-7-6-15(19-16)18-13-5-4-8-21-11-13/h6-7,12-14H,3-5,8-11H2,1-2H3,(H,17,18,19). The van der Waals surface area contributed by atoms with E-state index in [2.05, 4.69) is 34.0 Å². The summed E-state index contributed by atoms with van der Waals surface area (Å²) in [7, 11) is 0. The van der Waals surface area contributed by atoms with Crippen LogP contribution in [0.5, 0.6) is 0 Å². The largest absolute Gasteiger partial charge is 0.379 e. The Morgan fingerprint density at radius 3 is 3.09 bits per heavy atom. The number of anilines is 2. The van der Waals surface area contributed by atoms with Crippen LogP contribution >= 0.6 is 0 Å². The van der Waals surface area contributed by atoms with Crippen LogP contribution < -0.4 is 10.2 Å². The molecule has 2 aliphatic rings. The average Bonchev–Trinajstić information content (AvgIpc) is 2.55. The van der Waals surface area contributed by atoms with Crippen molar-refractivity contribution < 1.29 is 9.47 Å². The quantitative estimate of drug-likeness (QED) is 0.919. The fraction of sp³-hybridized carbons (Fsp3) is 0.750. The number of aromatic nitrogens is 2. The van der Waals surface area contributed by atoms with Gasteiger partial charge in [-0.25, -0.2) is 4.98 Å².